The Kier molecular flexibility index (Phi) is 10.8. The van der Waals surface area contributed by atoms with Crippen LogP contribution in [0.25, 0.3) is 44.7 Å². The number of aryl methyl sites for hydroxylation is 3. The highest BCUT2D eigenvalue weighted by molar-refractivity contribution is 6.08. The molecule has 18 heteroatoms. The average Bonchev–Trinajstić information content (AvgIpc) is 4.23. The highest BCUT2D eigenvalue weighted by atomic mass is 16.1. The third kappa shape index (κ3) is 8.22. The number of nitrogens with zero attached hydrogens (tertiary/aromatic N) is 17. The van der Waals surface area contributed by atoms with E-state index in [-0.39, 0.29) is 5.78 Å². The summed E-state index contributed by atoms with van der Waals surface area (Å²) in [5.41, 5.74) is 13.4. The first-order valence-corrected chi connectivity index (χ1v) is 23.4. The number of hydrogen-bond acceptors (Lipinski definition) is 14. The van der Waals surface area contributed by atoms with Crippen LogP contribution in [0.15, 0.2) is 135 Å². The minimum Gasteiger partial charge on any atom is -0.365 e. The number of piperazine rings is 2. The maximum absolute atomic E-state index is 13.0. The fourth-order valence-corrected chi connectivity index (χ4v) is 9.52. The fraction of sp³-hybridized carbons (Fsp3) is 0.231. The number of anilines is 4. The number of benzene rings is 2. The lowest BCUT2D eigenvalue weighted by atomic mass is 9.99. The minimum absolute atomic E-state index is 0.0786. The Labute approximate surface area is 403 Å². The number of carbonyl (C=O) groups excluding carboxylic acids is 1. The molecule has 10 heterocycles. The van der Waals surface area contributed by atoms with E-state index >= 15 is 0 Å². The van der Waals surface area contributed by atoms with Crippen molar-refractivity contribution in [2.24, 2.45) is 14.1 Å². The molecular formula is C52H49N17O. The molecule has 0 amide bonds. The van der Waals surface area contributed by atoms with Gasteiger partial charge in [0.05, 0.1) is 29.2 Å². The summed E-state index contributed by atoms with van der Waals surface area (Å²) in [7, 11) is 3.87. The van der Waals surface area contributed by atoms with Gasteiger partial charge in [-0.2, -0.15) is 15.3 Å². The van der Waals surface area contributed by atoms with E-state index in [0.29, 0.717) is 23.5 Å². The Balaban J connectivity index is 0.675. The summed E-state index contributed by atoms with van der Waals surface area (Å²) in [5, 5.41) is 23.1. The molecule has 0 radical (unpaired) electrons. The van der Waals surface area contributed by atoms with Crippen molar-refractivity contribution in [2.75, 3.05) is 72.0 Å². The van der Waals surface area contributed by atoms with Crippen LogP contribution in [0.4, 0.5) is 23.5 Å². The van der Waals surface area contributed by atoms with Crippen LogP contribution in [0.1, 0.15) is 32.6 Å². The van der Waals surface area contributed by atoms with Gasteiger partial charge >= 0.3 is 0 Å². The second-order valence-corrected chi connectivity index (χ2v) is 18.1. The van der Waals surface area contributed by atoms with Gasteiger partial charge in [0.15, 0.2) is 11.4 Å². The summed E-state index contributed by atoms with van der Waals surface area (Å²) in [4.78, 5) is 40.8. The number of ketones is 1. The zero-order chi connectivity index (χ0) is 47.3. The summed E-state index contributed by atoms with van der Waals surface area (Å²) in [5.74, 6) is 2.12. The standard InChI is InChI=1S/C52H49N17O/c1-35-7-9-38(10-8-35)49(70)42-28-55-51(56-29-42)65-17-15-64(16-18-65)46-31-58-69-33-41(11-12-45(46)69)44-34-63(3)61-48(44)40-6-4-5-36(24-40)23-37-26-53-50(54-27-37)66-19-21-67(22-20-66)52-60-59-47-25-39(13-14-68(47)52)43-30-57-62(2)32-43/h4-14,24-34H,15-23H2,1-3H3. The van der Waals surface area contributed by atoms with Crippen LogP contribution in [0.5, 0.6) is 0 Å². The average molecular weight is 928 g/mol. The van der Waals surface area contributed by atoms with Crippen LogP contribution in [0.2, 0.25) is 0 Å². The highest BCUT2D eigenvalue weighted by Gasteiger charge is 2.25. The molecule has 0 atom stereocenters. The molecule has 0 spiro atoms. The third-order valence-corrected chi connectivity index (χ3v) is 13.3. The molecule has 0 saturated carbocycles. The van der Waals surface area contributed by atoms with Crippen LogP contribution in [-0.2, 0) is 20.5 Å². The van der Waals surface area contributed by atoms with Crippen molar-refractivity contribution in [1.82, 2.24) is 63.7 Å². The number of hydrogen-bond donors (Lipinski definition) is 0. The van der Waals surface area contributed by atoms with Gasteiger partial charge in [0.1, 0.15) is 5.69 Å². The molecule has 0 unspecified atom stereocenters. The van der Waals surface area contributed by atoms with Crippen LogP contribution in [-0.4, -0.2) is 122 Å². The van der Waals surface area contributed by atoms with Crippen molar-refractivity contribution in [2.45, 2.75) is 13.3 Å². The number of fused-ring (bicyclic) bond motifs is 2. The Morgan fingerprint density at radius 3 is 2.01 bits per heavy atom. The highest BCUT2D eigenvalue weighted by Crippen LogP contribution is 2.34. The van der Waals surface area contributed by atoms with E-state index in [2.05, 4.69) is 99.7 Å². The van der Waals surface area contributed by atoms with Crippen LogP contribution < -0.4 is 19.6 Å². The van der Waals surface area contributed by atoms with E-state index in [1.165, 1.54) is 0 Å². The van der Waals surface area contributed by atoms with Crippen molar-refractivity contribution in [1.29, 1.82) is 0 Å². The minimum atomic E-state index is -0.0786. The summed E-state index contributed by atoms with van der Waals surface area (Å²) in [6.07, 6.45) is 19.8. The molecule has 18 nitrogen and oxygen atoms in total. The van der Waals surface area contributed by atoms with Gasteiger partial charge in [-0.05, 0) is 47.9 Å². The topological polar surface area (TPSA) is 165 Å². The maximum Gasteiger partial charge on any atom is 0.231 e. The Bertz CT molecular complexity index is 3500. The van der Waals surface area contributed by atoms with Crippen LogP contribution in [0.3, 0.4) is 0 Å². The lowest BCUT2D eigenvalue weighted by Crippen LogP contribution is -2.47. The number of rotatable bonds is 11. The molecule has 0 N–H and O–H groups in total. The van der Waals surface area contributed by atoms with Gasteiger partial charge in [-0.25, -0.2) is 24.5 Å². The molecular weight excluding hydrogens is 879 g/mol. The van der Waals surface area contributed by atoms with Gasteiger partial charge in [0, 0.05) is 150 Å². The molecule has 2 aliphatic rings. The largest absolute Gasteiger partial charge is 0.365 e. The van der Waals surface area contributed by atoms with Gasteiger partial charge in [-0.15, -0.1) is 10.2 Å². The Morgan fingerprint density at radius 2 is 1.29 bits per heavy atom. The SMILES string of the molecule is Cc1ccc(C(=O)c2cnc(N3CCN(c4cnn5cc(-c6cn(C)nc6-c6cccc(Cc7cnc(N8CCN(c9nnc%10cc(-c%11cnn(C)c%11)ccn9%10)CC8)nc7)c6)ccc45)CC3)nc2)cc1. The first-order valence-electron chi connectivity index (χ1n) is 23.4. The predicted molar refractivity (Wildman–Crippen MR) is 268 cm³/mol. The second kappa shape index (κ2) is 17.7. The van der Waals surface area contributed by atoms with Crippen molar-refractivity contribution >= 4 is 40.5 Å². The second-order valence-electron chi connectivity index (χ2n) is 18.1. The molecule has 348 valence electrons. The van der Waals surface area contributed by atoms with Gasteiger partial charge in [-0.1, -0.05) is 54.1 Å². The van der Waals surface area contributed by atoms with Crippen LogP contribution in [0, 0.1) is 6.92 Å². The van der Waals surface area contributed by atoms with E-state index in [0.717, 1.165) is 131 Å². The smallest absolute Gasteiger partial charge is 0.231 e. The molecule has 10 aromatic rings. The molecule has 2 fully saturated rings. The van der Waals surface area contributed by atoms with E-state index in [9.17, 15) is 4.79 Å². The van der Waals surface area contributed by atoms with Gasteiger partial charge in [0.2, 0.25) is 17.8 Å². The van der Waals surface area contributed by atoms with Crippen molar-refractivity contribution in [3.63, 3.8) is 0 Å². The van der Waals surface area contributed by atoms with Gasteiger partial charge in [-0.3, -0.25) is 18.6 Å². The zero-order valence-corrected chi connectivity index (χ0v) is 39.1. The van der Waals surface area contributed by atoms with Gasteiger partial charge in [0.25, 0.3) is 0 Å². The third-order valence-electron chi connectivity index (χ3n) is 13.3. The molecule has 0 bridgehead atoms. The van der Waals surface area contributed by atoms with Crippen molar-refractivity contribution in [3.05, 3.63) is 163 Å². The fourth-order valence-electron chi connectivity index (χ4n) is 9.52. The van der Waals surface area contributed by atoms with E-state index in [1.54, 1.807) is 17.1 Å². The van der Waals surface area contributed by atoms with Crippen LogP contribution >= 0.6 is 0 Å². The quantitative estimate of drug-likeness (QED) is 0.135. The van der Waals surface area contributed by atoms with Crippen molar-refractivity contribution in [3.8, 4) is 33.5 Å². The number of pyridine rings is 2. The first kappa shape index (κ1) is 42.5. The van der Waals surface area contributed by atoms with Crippen molar-refractivity contribution < 1.29 is 4.79 Å². The summed E-state index contributed by atoms with van der Waals surface area (Å²) in [6.45, 7) is 8.17. The summed E-state index contributed by atoms with van der Waals surface area (Å²) in [6, 6.07) is 24.5. The zero-order valence-electron chi connectivity index (χ0n) is 39.1. The molecule has 2 saturated heterocycles. The van der Waals surface area contributed by atoms with E-state index in [1.807, 2.05) is 102 Å². The monoisotopic (exact) mass is 927 g/mol. The Hall–Kier alpha value is -8.80. The maximum atomic E-state index is 13.0. The molecule has 70 heavy (non-hydrogen) atoms. The molecule has 12 rings (SSSR count). The number of aromatic nitrogens is 13. The lowest BCUT2D eigenvalue weighted by Gasteiger charge is -2.35. The molecule has 0 aliphatic carbocycles. The predicted octanol–water partition coefficient (Wildman–Crippen LogP) is 6.21. The molecule has 8 aromatic heterocycles. The first-order chi connectivity index (χ1) is 34.3. The molecule has 2 aromatic carbocycles. The summed E-state index contributed by atoms with van der Waals surface area (Å²) < 4.78 is 7.67. The number of carbonyl (C=O) groups is 1. The van der Waals surface area contributed by atoms with E-state index in [4.69, 9.17) is 20.2 Å². The van der Waals surface area contributed by atoms with Gasteiger partial charge < -0.3 is 19.6 Å². The molecule has 2 aliphatic heterocycles. The lowest BCUT2D eigenvalue weighted by molar-refractivity contribution is 0.103. The van der Waals surface area contributed by atoms with E-state index < -0.39 is 0 Å². The summed E-state index contributed by atoms with van der Waals surface area (Å²) >= 11 is 0. The normalized spacial score (nSPS) is 14.3. The Morgan fingerprint density at radius 1 is 0.571 bits per heavy atom.